The van der Waals surface area contributed by atoms with E-state index in [-0.39, 0.29) is 16.7 Å². The SMILES string of the molecule is CC[C@@H](c1ccccc1)[C@@H](CO)NS(=O)(=O)c1ccc(Br)s1. The highest BCUT2D eigenvalue weighted by Crippen LogP contribution is 2.28. The van der Waals surface area contributed by atoms with E-state index < -0.39 is 16.1 Å². The van der Waals surface area contributed by atoms with Crippen LogP contribution < -0.4 is 4.72 Å². The number of rotatable bonds is 7. The number of thiophene rings is 1. The van der Waals surface area contributed by atoms with Crippen molar-refractivity contribution in [1.82, 2.24) is 4.72 Å². The number of nitrogens with one attached hydrogen (secondary N) is 1. The molecule has 0 bridgehead atoms. The van der Waals surface area contributed by atoms with Gasteiger partial charge in [-0.15, -0.1) is 11.3 Å². The number of aliphatic hydroxyl groups excluding tert-OH is 1. The Hall–Kier alpha value is -0.730. The molecule has 2 aromatic rings. The summed E-state index contributed by atoms with van der Waals surface area (Å²) in [4.78, 5) is 0. The maximum absolute atomic E-state index is 12.4. The van der Waals surface area contributed by atoms with Crippen LogP contribution in [0.1, 0.15) is 24.8 Å². The quantitative estimate of drug-likeness (QED) is 0.744. The lowest BCUT2D eigenvalue weighted by Gasteiger charge is -2.25. The largest absolute Gasteiger partial charge is 0.395 e. The van der Waals surface area contributed by atoms with E-state index in [4.69, 9.17) is 0 Å². The van der Waals surface area contributed by atoms with Crippen molar-refractivity contribution in [3.63, 3.8) is 0 Å². The van der Waals surface area contributed by atoms with Crippen LogP contribution in [0.25, 0.3) is 0 Å². The fourth-order valence-electron chi connectivity index (χ4n) is 2.40. The first kappa shape index (κ1) is 17.6. The molecule has 2 atom stereocenters. The molecule has 0 aliphatic rings. The predicted octanol–water partition coefficient (Wildman–Crippen LogP) is 3.34. The molecule has 22 heavy (non-hydrogen) atoms. The summed E-state index contributed by atoms with van der Waals surface area (Å²) in [6.45, 7) is 1.73. The molecule has 0 aliphatic carbocycles. The van der Waals surface area contributed by atoms with Gasteiger partial charge >= 0.3 is 0 Å². The summed E-state index contributed by atoms with van der Waals surface area (Å²) in [7, 11) is -3.64. The Morgan fingerprint density at radius 3 is 2.41 bits per heavy atom. The van der Waals surface area contributed by atoms with Gasteiger partial charge in [0.05, 0.1) is 16.4 Å². The number of hydrogen-bond acceptors (Lipinski definition) is 4. The summed E-state index contributed by atoms with van der Waals surface area (Å²) >= 11 is 4.41. The Balaban J connectivity index is 2.24. The highest BCUT2D eigenvalue weighted by molar-refractivity contribution is 9.11. The summed E-state index contributed by atoms with van der Waals surface area (Å²) in [6.07, 6.45) is 0.728. The third kappa shape index (κ3) is 4.17. The standard InChI is InChI=1S/C15H18BrNO3S2/c1-2-12(11-6-4-3-5-7-11)13(10-18)17-22(19,20)15-9-8-14(16)21-15/h3-9,12-13,17-18H,2,10H2,1H3/t12-,13+/m0/s1. The average Bonchev–Trinajstić information content (AvgIpc) is 2.95. The van der Waals surface area contributed by atoms with Crippen LogP contribution >= 0.6 is 27.3 Å². The molecular weight excluding hydrogens is 386 g/mol. The fourth-order valence-corrected chi connectivity index (χ4v) is 5.69. The van der Waals surface area contributed by atoms with Crippen LogP contribution in [0.15, 0.2) is 50.5 Å². The second kappa shape index (κ2) is 7.70. The molecule has 2 N–H and O–H groups in total. The minimum absolute atomic E-state index is 0.0793. The van der Waals surface area contributed by atoms with Crippen LogP contribution in [0, 0.1) is 0 Å². The zero-order valence-corrected chi connectivity index (χ0v) is 15.3. The lowest BCUT2D eigenvalue weighted by molar-refractivity contribution is 0.236. The minimum Gasteiger partial charge on any atom is -0.395 e. The first-order valence-corrected chi connectivity index (χ1v) is 10.0. The monoisotopic (exact) mass is 403 g/mol. The molecular formula is C15H18BrNO3S2. The average molecular weight is 404 g/mol. The molecule has 7 heteroatoms. The van der Waals surface area contributed by atoms with Crippen molar-refractivity contribution in [2.75, 3.05) is 6.61 Å². The van der Waals surface area contributed by atoms with E-state index in [1.54, 1.807) is 12.1 Å². The van der Waals surface area contributed by atoms with Crippen molar-refractivity contribution in [3.05, 3.63) is 51.8 Å². The van der Waals surface area contributed by atoms with Crippen LogP contribution in [0.4, 0.5) is 0 Å². The molecule has 0 saturated heterocycles. The highest BCUT2D eigenvalue weighted by atomic mass is 79.9. The van der Waals surface area contributed by atoms with Crippen molar-refractivity contribution in [3.8, 4) is 0 Å². The molecule has 0 radical (unpaired) electrons. The zero-order valence-electron chi connectivity index (χ0n) is 12.1. The predicted molar refractivity (Wildman–Crippen MR) is 92.7 cm³/mol. The molecule has 120 valence electrons. The Morgan fingerprint density at radius 2 is 1.91 bits per heavy atom. The smallest absolute Gasteiger partial charge is 0.250 e. The number of sulfonamides is 1. The Labute approximate surface area is 143 Å². The van der Waals surface area contributed by atoms with Crippen LogP contribution in [0.3, 0.4) is 0 Å². The molecule has 1 heterocycles. The van der Waals surface area contributed by atoms with Gasteiger partial charge in [-0.05, 0) is 40.0 Å². The van der Waals surface area contributed by atoms with E-state index in [1.807, 2.05) is 37.3 Å². The van der Waals surface area contributed by atoms with Crippen molar-refractivity contribution < 1.29 is 13.5 Å². The number of hydrogen-bond donors (Lipinski definition) is 2. The third-order valence-corrected chi connectivity index (χ3v) is 7.08. The summed E-state index contributed by atoms with van der Waals surface area (Å²) in [5.41, 5.74) is 1.01. The van der Waals surface area contributed by atoms with Crippen LogP contribution in [-0.2, 0) is 10.0 Å². The Morgan fingerprint density at radius 1 is 1.23 bits per heavy atom. The van der Waals surface area contributed by atoms with Crippen molar-refractivity contribution in [1.29, 1.82) is 0 Å². The normalized spacial score (nSPS) is 14.7. The fraction of sp³-hybridized carbons (Fsp3) is 0.333. The van der Waals surface area contributed by atoms with Crippen LogP contribution in [0.2, 0.25) is 0 Å². The van der Waals surface area contributed by atoms with E-state index in [9.17, 15) is 13.5 Å². The van der Waals surface area contributed by atoms with Gasteiger partial charge in [0.2, 0.25) is 10.0 Å². The molecule has 0 amide bonds. The summed E-state index contributed by atoms with van der Waals surface area (Å²) < 4.78 is 28.5. The van der Waals surface area contributed by atoms with Gasteiger partial charge < -0.3 is 5.11 Å². The molecule has 1 aromatic carbocycles. The second-order valence-electron chi connectivity index (χ2n) is 4.89. The van der Waals surface area contributed by atoms with E-state index in [0.29, 0.717) is 0 Å². The van der Waals surface area contributed by atoms with Crippen molar-refractivity contribution >= 4 is 37.3 Å². The molecule has 2 rings (SSSR count). The first-order valence-electron chi connectivity index (χ1n) is 6.91. The number of halogens is 1. The van der Waals surface area contributed by atoms with Gasteiger partial charge in [0, 0.05) is 5.92 Å². The molecule has 0 saturated carbocycles. The molecule has 0 spiro atoms. The highest BCUT2D eigenvalue weighted by Gasteiger charge is 2.27. The van der Waals surface area contributed by atoms with Gasteiger partial charge in [0.25, 0.3) is 0 Å². The lowest BCUT2D eigenvalue weighted by Crippen LogP contribution is -2.41. The maximum atomic E-state index is 12.4. The van der Waals surface area contributed by atoms with Gasteiger partial charge in [0.15, 0.2) is 0 Å². The van der Waals surface area contributed by atoms with Gasteiger partial charge in [-0.25, -0.2) is 13.1 Å². The van der Waals surface area contributed by atoms with E-state index in [0.717, 1.165) is 27.1 Å². The summed E-state index contributed by atoms with van der Waals surface area (Å²) in [6, 6.07) is 12.3. The third-order valence-electron chi connectivity index (χ3n) is 3.47. The molecule has 4 nitrogen and oxygen atoms in total. The topological polar surface area (TPSA) is 66.4 Å². The van der Waals surface area contributed by atoms with Gasteiger partial charge in [-0.1, -0.05) is 37.3 Å². The maximum Gasteiger partial charge on any atom is 0.250 e. The van der Waals surface area contributed by atoms with E-state index in [2.05, 4.69) is 20.7 Å². The van der Waals surface area contributed by atoms with Crippen LogP contribution in [-0.4, -0.2) is 26.2 Å². The van der Waals surface area contributed by atoms with Crippen molar-refractivity contribution in [2.24, 2.45) is 0 Å². The van der Waals surface area contributed by atoms with Crippen molar-refractivity contribution in [2.45, 2.75) is 29.5 Å². The van der Waals surface area contributed by atoms with Gasteiger partial charge in [-0.3, -0.25) is 0 Å². The minimum atomic E-state index is -3.64. The van der Waals surface area contributed by atoms with Gasteiger partial charge in [0.1, 0.15) is 4.21 Å². The second-order valence-corrected chi connectivity index (χ2v) is 9.30. The van der Waals surface area contributed by atoms with Crippen LogP contribution in [0.5, 0.6) is 0 Å². The Bertz CT molecular complexity index is 701. The van der Waals surface area contributed by atoms with Gasteiger partial charge in [-0.2, -0.15) is 0 Å². The molecule has 0 fully saturated rings. The molecule has 1 aromatic heterocycles. The number of benzene rings is 1. The first-order chi connectivity index (χ1) is 10.5. The Kier molecular flexibility index (Phi) is 6.17. The zero-order chi connectivity index (χ0) is 16.2. The van der Waals surface area contributed by atoms with E-state index in [1.165, 1.54) is 0 Å². The van der Waals surface area contributed by atoms with E-state index >= 15 is 0 Å². The number of aliphatic hydroxyl groups is 1. The molecule has 0 aliphatic heterocycles. The summed E-state index contributed by atoms with van der Waals surface area (Å²) in [5.74, 6) is -0.0793. The lowest BCUT2D eigenvalue weighted by atomic mass is 9.90. The molecule has 0 unspecified atom stereocenters. The summed E-state index contributed by atoms with van der Waals surface area (Å²) in [5, 5.41) is 9.67.